The van der Waals surface area contributed by atoms with Gasteiger partial charge in [-0.15, -0.1) is 0 Å². The molecule has 6 nitrogen and oxygen atoms in total. The van der Waals surface area contributed by atoms with Gasteiger partial charge in [-0.3, -0.25) is 19.6 Å². The third-order valence-electron chi connectivity index (χ3n) is 1.15. The topological polar surface area (TPSA) is 104 Å². The lowest BCUT2D eigenvalue weighted by Crippen LogP contribution is -2.27. The number of Topliss-reactive ketones (excluding diaryl/α,β-unsaturated/α-hetero) is 1. The number of hydrogen-bond acceptors (Lipinski definition) is 4. The van der Waals surface area contributed by atoms with Crippen molar-refractivity contribution in [3.8, 4) is 0 Å². The highest BCUT2D eigenvalue weighted by atomic mass is 16.5. The number of carboxylic acids is 1. The first-order valence-corrected chi connectivity index (χ1v) is 3.27. The third kappa shape index (κ3) is 4.40. The summed E-state index contributed by atoms with van der Waals surface area (Å²) in [5, 5.41) is 16.1. The van der Waals surface area contributed by atoms with Gasteiger partial charge in [0, 0.05) is 12.8 Å². The molecule has 0 heterocycles. The molecule has 0 aliphatic carbocycles. The normalized spacial score (nSPS) is 9.08. The van der Waals surface area contributed by atoms with E-state index in [-0.39, 0.29) is 19.3 Å². The van der Waals surface area contributed by atoms with Gasteiger partial charge < -0.3 is 5.11 Å². The summed E-state index contributed by atoms with van der Waals surface area (Å²) in [6.07, 6.45) is -0.231. The molecule has 0 aliphatic rings. The van der Waals surface area contributed by atoms with Gasteiger partial charge >= 0.3 is 11.9 Å². The van der Waals surface area contributed by atoms with Crippen LogP contribution in [0.3, 0.4) is 0 Å². The lowest BCUT2D eigenvalue weighted by molar-refractivity contribution is -0.143. The van der Waals surface area contributed by atoms with E-state index >= 15 is 0 Å². The Balaban J connectivity index is 3.58. The Labute approximate surface area is 68.1 Å². The molecular weight excluding hydrogens is 166 g/mol. The van der Waals surface area contributed by atoms with Gasteiger partial charge in [0.1, 0.15) is 0 Å². The predicted octanol–water partition coefficient (Wildman–Crippen LogP) is -0.684. The maximum Gasteiger partial charge on any atom is 0.310 e. The van der Waals surface area contributed by atoms with E-state index in [1.54, 1.807) is 0 Å². The fraction of sp³-hybridized carbons (Fsp3) is 0.500. The van der Waals surface area contributed by atoms with Gasteiger partial charge in [-0.05, 0) is 6.42 Å². The average molecular weight is 175 g/mol. The SMILES string of the molecule is O=C(O)CCCC(=O)C(=O)NO. The van der Waals surface area contributed by atoms with Gasteiger partial charge in [0.05, 0.1) is 0 Å². The number of carboxylic acid groups (broad SMARTS) is 1. The third-order valence-corrected chi connectivity index (χ3v) is 1.15. The summed E-state index contributed by atoms with van der Waals surface area (Å²) in [5.74, 6) is -2.95. The van der Waals surface area contributed by atoms with Crippen molar-refractivity contribution >= 4 is 17.7 Å². The van der Waals surface area contributed by atoms with Crippen molar-refractivity contribution in [2.75, 3.05) is 0 Å². The Bertz CT molecular complexity index is 200. The number of aliphatic carboxylic acids is 1. The maximum atomic E-state index is 10.6. The van der Waals surface area contributed by atoms with E-state index in [0.29, 0.717) is 0 Å². The zero-order valence-electron chi connectivity index (χ0n) is 6.24. The molecule has 12 heavy (non-hydrogen) atoms. The molecule has 0 spiro atoms. The lowest BCUT2D eigenvalue weighted by Gasteiger charge is -1.95. The Hall–Kier alpha value is -1.43. The molecule has 0 saturated carbocycles. The first-order chi connectivity index (χ1) is 5.57. The second-order valence-corrected chi connectivity index (χ2v) is 2.11. The van der Waals surface area contributed by atoms with Gasteiger partial charge in [-0.25, -0.2) is 5.48 Å². The van der Waals surface area contributed by atoms with E-state index in [1.165, 1.54) is 5.48 Å². The maximum absolute atomic E-state index is 10.6. The van der Waals surface area contributed by atoms with Crippen LogP contribution in [-0.2, 0) is 14.4 Å². The number of carbonyl (C=O) groups is 3. The van der Waals surface area contributed by atoms with Crippen molar-refractivity contribution in [1.82, 2.24) is 5.48 Å². The van der Waals surface area contributed by atoms with Crippen LogP contribution in [-0.4, -0.2) is 28.0 Å². The van der Waals surface area contributed by atoms with E-state index in [2.05, 4.69) is 0 Å². The minimum Gasteiger partial charge on any atom is -0.481 e. The Kier molecular flexibility index (Phi) is 4.62. The fourth-order valence-electron chi connectivity index (χ4n) is 0.576. The van der Waals surface area contributed by atoms with Crippen LogP contribution in [0.5, 0.6) is 0 Å². The smallest absolute Gasteiger partial charge is 0.310 e. The van der Waals surface area contributed by atoms with Crippen molar-refractivity contribution in [2.24, 2.45) is 0 Å². The molecular formula is C6H9NO5. The van der Waals surface area contributed by atoms with Gasteiger partial charge in [-0.1, -0.05) is 0 Å². The molecule has 0 radical (unpaired) electrons. The molecule has 0 atom stereocenters. The van der Waals surface area contributed by atoms with E-state index in [0.717, 1.165) is 0 Å². The molecule has 0 saturated heterocycles. The van der Waals surface area contributed by atoms with Crippen LogP contribution in [0.2, 0.25) is 0 Å². The number of amides is 1. The van der Waals surface area contributed by atoms with Crippen LogP contribution in [0.15, 0.2) is 0 Å². The van der Waals surface area contributed by atoms with Crippen molar-refractivity contribution in [3.05, 3.63) is 0 Å². The highest BCUT2D eigenvalue weighted by molar-refractivity contribution is 6.35. The van der Waals surface area contributed by atoms with Gasteiger partial charge in [-0.2, -0.15) is 0 Å². The zero-order valence-corrected chi connectivity index (χ0v) is 6.24. The molecule has 0 aromatic carbocycles. The van der Waals surface area contributed by atoms with Crippen molar-refractivity contribution in [1.29, 1.82) is 0 Å². The van der Waals surface area contributed by atoms with Crippen LogP contribution < -0.4 is 5.48 Å². The first-order valence-electron chi connectivity index (χ1n) is 3.27. The number of hydrogen-bond donors (Lipinski definition) is 3. The monoisotopic (exact) mass is 175 g/mol. The molecule has 0 aliphatic heterocycles. The quantitative estimate of drug-likeness (QED) is 0.291. The molecule has 0 aromatic rings. The van der Waals surface area contributed by atoms with Gasteiger partial charge in [0.2, 0.25) is 5.78 Å². The molecule has 0 fully saturated rings. The lowest BCUT2D eigenvalue weighted by atomic mass is 10.2. The standard InChI is InChI=1S/C6H9NO5/c8-4(6(11)7-12)2-1-3-5(9)10/h12H,1-3H2,(H,7,11)(H,9,10). The van der Waals surface area contributed by atoms with Crippen LogP contribution in [0.25, 0.3) is 0 Å². The predicted molar refractivity (Wildman–Crippen MR) is 36.4 cm³/mol. The summed E-state index contributed by atoms with van der Waals surface area (Å²) >= 11 is 0. The molecule has 6 heteroatoms. The number of nitrogens with one attached hydrogen (secondary N) is 1. The van der Waals surface area contributed by atoms with Crippen molar-refractivity contribution in [3.63, 3.8) is 0 Å². The summed E-state index contributed by atoms with van der Waals surface area (Å²) in [5.41, 5.74) is 1.17. The van der Waals surface area contributed by atoms with Crippen LogP contribution >= 0.6 is 0 Å². The van der Waals surface area contributed by atoms with Crippen LogP contribution in [0.1, 0.15) is 19.3 Å². The van der Waals surface area contributed by atoms with E-state index in [9.17, 15) is 14.4 Å². The van der Waals surface area contributed by atoms with E-state index in [1.807, 2.05) is 0 Å². The second kappa shape index (κ2) is 5.25. The summed E-state index contributed by atoms with van der Waals surface area (Å²) in [6, 6.07) is 0. The highest BCUT2D eigenvalue weighted by Gasteiger charge is 2.12. The number of ketones is 1. The number of carbonyl (C=O) groups excluding carboxylic acids is 2. The van der Waals surface area contributed by atoms with Crippen molar-refractivity contribution < 1.29 is 24.7 Å². The number of rotatable bonds is 5. The fourth-order valence-corrected chi connectivity index (χ4v) is 0.576. The zero-order chi connectivity index (χ0) is 9.56. The van der Waals surface area contributed by atoms with Gasteiger partial charge in [0.25, 0.3) is 0 Å². The first kappa shape index (κ1) is 10.6. The minimum absolute atomic E-state index is 0.0988. The highest BCUT2D eigenvalue weighted by Crippen LogP contribution is 1.96. The summed E-state index contributed by atoms with van der Waals surface area (Å²) in [4.78, 5) is 30.9. The molecule has 0 bridgehead atoms. The van der Waals surface area contributed by atoms with Crippen molar-refractivity contribution in [2.45, 2.75) is 19.3 Å². The Morgan fingerprint density at radius 2 is 1.75 bits per heavy atom. The summed E-state index contributed by atoms with van der Waals surface area (Å²) in [6.45, 7) is 0. The molecule has 1 amide bonds. The second-order valence-electron chi connectivity index (χ2n) is 2.11. The molecule has 0 aromatic heterocycles. The van der Waals surface area contributed by atoms with Crippen LogP contribution in [0, 0.1) is 0 Å². The van der Waals surface area contributed by atoms with Gasteiger partial charge in [0.15, 0.2) is 0 Å². The summed E-state index contributed by atoms with van der Waals surface area (Å²) < 4.78 is 0. The Morgan fingerprint density at radius 1 is 1.17 bits per heavy atom. The summed E-state index contributed by atoms with van der Waals surface area (Å²) in [7, 11) is 0. The largest absolute Gasteiger partial charge is 0.481 e. The molecule has 3 N–H and O–H groups in total. The molecule has 0 unspecified atom stereocenters. The Morgan fingerprint density at radius 3 is 2.17 bits per heavy atom. The van der Waals surface area contributed by atoms with Crippen LogP contribution in [0.4, 0.5) is 0 Å². The number of hydroxylamine groups is 1. The minimum atomic E-state index is -1.11. The van der Waals surface area contributed by atoms with E-state index < -0.39 is 17.7 Å². The van der Waals surface area contributed by atoms with E-state index in [4.69, 9.17) is 10.3 Å². The average Bonchev–Trinajstić information content (AvgIpc) is 2.02. The molecule has 68 valence electrons. The molecule has 0 rings (SSSR count).